The molecule has 1 fully saturated rings. The van der Waals surface area contributed by atoms with Crippen LogP contribution >= 0.6 is 0 Å². The molecule has 2 heteroatoms. The Morgan fingerprint density at radius 2 is 1.90 bits per heavy atom. The zero-order valence-electron chi connectivity index (χ0n) is 14.3. The van der Waals surface area contributed by atoms with Crippen molar-refractivity contribution in [2.24, 2.45) is 5.92 Å². The summed E-state index contributed by atoms with van der Waals surface area (Å²) in [7, 11) is 0. The lowest BCUT2D eigenvalue weighted by molar-refractivity contribution is -0.0134. The van der Waals surface area contributed by atoms with Crippen LogP contribution in [0.25, 0.3) is 0 Å². The molecule has 3 unspecified atom stereocenters. The Morgan fingerprint density at radius 1 is 1.24 bits per heavy atom. The predicted octanol–water partition coefficient (Wildman–Crippen LogP) is 4.20. The van der Waals surface area contributed by atoms with Gasteiger partial charge in [-0.3, -0.25) is 0 Å². The molecule has 1 aromatic rings. The average Bonchev–Trinajstić information content (AvgIpc) is 2.40. The fourth-order valence-electron chi connectivity index (χ4n) is 3.70. The number of nitrogens with one attached hydrogen (secondary N) is 1. The van der Waals surface area contributed by atoms with Crippen LogP contribution in [0.2, 0.25) is 0 Å². The van der Waals surface area contributed by atoms with E-state index >= 15 is 0 Å². The monoisotopic (exact) mass is 289 g/mol. The first-order valence-electron chi connectivity index (χ1n) is 8.34. The van der Waals surface area contributed by atoms with Gasteiger partial charge < -0.3 is 10.4 Å². The van der Waals surface area contributed by atoms with Crippen LogP contribution in [0.5, 0.6) is 0 Å². The molecule has 0 saturated heterocycles. The van der Waals surface area contributed by atoms with E-state index in [2.05, 4.69) is 52.1 Å². The van der Waals surface area contributed by atoms with Crippen LogP contribution in [0, 0.1) is 26.7 Å². The molecule has 0 radical (unpaired) electrons. The van der Waals surface area contributed by atoms with E-state index in [1.54, 1.807) is 0 Å². The Hall–Kier alpha value is -0.860. The highest BCUT2D eigenvalue weighted by atomic mass is 16.3. The second-order valence-corrected chi connectivity index (χ2v) is 7.32. The van der Waals surface area contributed by atoms with Crippen LogP contribution in [0.3, 0.4) is 0 Å². The van der Waals surface area contributed by atoms with Crippen molar-refractivity contribution in [2.75, 3.05) is 6.54 Å². The van der Waals surface area contributed by atoms with Crippen LogP contribution < -0.4 is 5.32 Å². The predicted molar refractivity (Wildman–Crippen MR) is 89.7 cm³/mol. The number of aryl methyl sites for hydroxylation is 3. The first-order chi connectivity index (χ1) is 9.81. The van der Waals surface area contributed by atoms with Gasteiger partial charge in [-0.05, 0) is 68.7 Å². The molecular weight excluding hydrogens is 258 g/mol. The van der Waals surface area contributed by atoms with Gasteiger partial charge in [-0.1, -0.05) is 31.9 Å². The van der Waals surface area contributed by atoms with Crippen molar-refractivity contribution in [3.8, 4) is 0 Å². The Morgan fingerprint density at radius 3 is 2.57 bits per heavy atom. The van der Waals surface area contributed by atoms with E-state index in [1.165, 1.54) is 28.7 Å². The van der Waals surface area contributed by atoms with Gasteiger partial charge in [0.25, 0.3) is 0 Å². The number of rotatable bonds is 4. The third kappa shape index (κ3) is 4.08. The van der Waals surface area contributed by atoms with Gasteiger partial charge in [0.15, 0.2) is 0 Å². The van der Waals surface area contributed by atoms with Crippen molar-refractivity contribution in [1.29, 1.82) is 0 Å². The highest BCUT2D eigenvalue weighted by molar-refractivity contribution is 5.38. The van der Waals surface area contributed by atoms with E-state index in [0.717, 1.165) is 19.3 Å². The number of aliphatic hydroxyl groups is 1. The Bertz CT molecular complexity index is 497. The summed E-state index contributed by atoms with van der Waals surface area (Å²) in [6, 6.07) is 4.83. The van der Waals surface area contributed by atoms with Crippen LogP contribution in [0.4, 0.5) is 0 Å². The summed E-state index contributed by atoms with van der Waals surface area (Å²) in [5.41, 5.74) is 4.87. The van der Waals surface area contributed by atoms with E-state index in [0.29, 0.717) is 12.5 Å². The van der Waals surface area contributed by atoms with E-state index in [-0.39, 0.29) is 6.04 Å². The van der Waals surface area contributed by atoms with Gasteiger partial charge in [0, 0.05) is 12.6 Å². The van der Waals surface area contributed by atoms with Crippen molar-refractivity contribution in [1.82, 2.24) is 5.32 Å². The maximum absolute atomic E-state index is 10.7. The van der Waals surface area contributed by atoms with Gasteiger partial charge in [0.2, 0.25) is 0 Å². The lowest BCUT2D eigenvalue weighted by Gasteiger charge is -2.36. The fourth-order valence-corrected chi connectivity index (χ4v) is 3.70. The van der Waals surface area contributed by atoms with Crippen LogP contribution in [-0.2, 0) is 0 Å². The Labute approximate surface area is 130 Å². The minimum Gasteiger partial charge on any atom is -0.389 e. The average molecular weight is 289 g/mol. The molecule has 0 spiro atoms. The Kier molecular flexibility index (Phi) is 5.11. The molecule has 0 aromatic heterocycles. The molecule has 0 bridgehead atoms. The van der Waals surface area contributed by atoms with Gasteiger partial charge in [-0.25, -0.2) is 0 Å². The molecule has 1 saturated carbocycles. The molecule has 2 nitrogen and oxygen atoms in total. The van der Waals surface area contributed by atoms with Gasteiger partial charge in [0.05, 0.1) is 5.60 Å². The second kappa shape index (κ2) is 6.50. The molecule has 0 aliphatic heterocycles. The SMILES string of the molecule is Cc1cc(C)c(C(C)NCC2(O)CCCC(C)C2)cc1C. The highest BCUT2D eigenvalue weighted by Crippen LogP contribution is 2.32. The molecule has 0 amide bonds. The van der Waals surface area contributed by atoms with Crippen molar-refractivity contribution >= 4 is 0 Å². The zero-order chi connectivity index (χ0) is 15.6. The molecule has 2 rings (SSSR count). The van der Waals surface area contributed by atoms with Crippen LogP contribution in [0.1, 0.15) is 67.8 Å². The summed E-state index contributed by atoms with van der Waals surface area (Å²) in [6.45, 7) is 11.7. The maximum Gasteiger partial charge on any atom is 0.0774 e. The van der Waals surface area contributed by atoms with Gasteiger partial charge in [0.1, 0.15) is 0 Å². The molecule has 3 atom stereocenters. The van der Waals surface area contributed by atoms with Gasteiger partial charge >= 0.3 is 0 Å². The van der Waals surface area contributed by atoms with Crippen molar-refractivity contribution in [3.63, 3.8) is 0 Å². The molecule has 1 aliphatic rings. The fraction of sp³-hybridized carbons (Fsp3) is 0.684. The lowest BCUT2D eigenvalue weighted by atomic mass is 9.79. The number of benzene rings is 1. The van der Waals surface area contributed by atoms with Crippen molar-refractivity contribution < 1.29 is 5.11 Å². The van der Waals surface area contributed by atoms with Crippen LogP contribution in [-0.4, -0.2) is 17.3 Å². The molecule has 21 heavy (non-hydrogen) atoms. The normalized spacial score (nSPS) is 27.6. The molecule has 0 heterocycles. The van der Waals surface area contributed by atoms with Gasteiger partial charge in [-0.2, -0.15) is 0 Å². The summed E-state index contributed by atoms with van der Waals surface area (Å²) in [6.07, 6.45) is 4.27. The zero-order valence-corrected chi connectivity index (χ0v) is 14.3. The summed E-state index contributed by atoms with van der Waals surface area (Å²) >= 11 is 0. The standard InChI is InChI=1S/C19H31NO/c1-13-7-6-8-19(21,11-13)12-20-17(5)18-10-15(3)14(2)9-16(18)4/h9-10,13,17,20-21H,6-8,11-12H2,1-5H3. The summed E-state index contributed by atoms with van der Waals surface area (Å²) < 4.78 is 0. The largest absolute Gasteiger partial charge is 0.389 e. The van der Waals surface area contributed by atoms with Crippen molar-refractivity contribution in [2.45, 2.75) is 71.9 Å². The number of hydrogen-bond donors (Lipinski definition) is 2. The minimum absolute atomic E-state index is 0.283. The third-order valence-corrected chi connectivity index (χ3v) is 5.15. The number of hydrogen-bond acceptors (Lipinski definition) is 2. The van der Waals surface area contributed by atoms with Gasteiger partial charge in [-0.15, -0.1) is 0 Å². The van der Waals surface area contributed by atoms with Crippen molar-refractivity contribution in [3.05, 3.63) is 34.4 Å². The quantitative estimate of drug-likeness (QED) is 0.870. The second-order valence-electron chi connectivity index (χ2n) is 7.32. The van der Waals surface area contributed by atoms with E-state index in [9.17, 15) is 5.11 Å². The van der Waals surface area contributed by atoms with E-state index in [1.807, 2.05) is 0 Å². The molecule has 2 N–H and O–H groups in total. The highest BCUT2D eigenvalue weighted by Gasteiger charge is 2.32. The van der Waals surface area contributed by atoms with E-state index < -0.39 is 5.60 Å². The molecule has 1 aromatic carbocycles. The smallest absolute Gasteiger partial charge is 0.0774 e. The molecule has 1 aliphatic carbocycles. The Balaban J connectivity index is 2.01. The topological polar surface area (TPSA) is 32.3 Å². The van der Waals surface area contributed by atoms with E-state index in [4.69, 9.17) is 0 Å². The lowest BCUT2D eigenvalue weighted by Crippen LogP contribution is -2.44. The first-order valence-corrected chi connectivity index (χ1v) is 8.34. The molecule has 118 valence electrons. The summed E-state index contributed by atoms with van der Waals surface area (Å²) in [5.74, 6) is 0.643. The molecular formula is C19H31NO. The summed E-state index contributed by atoms with van der Waals surface area (Å²) in [5, 5.41) is 14.3. The minimum atomic E-state index is -0.514. The third-order valence-electron chi connectivity index (χ3n) is 5.15. The maximum atomic E-state index is 10.7. The van der Waals surface area contributed by atoms with Crippen LogP contribution in [0.15, 0.2) is 12.1 Å². The summed E-state index contributed by atoms with van der Waals surface area (Å²) in [4.78, 5) is 0. The first kappa shape index (κ1) is 16.5.